The van der Waals surface area contributed by atoms with Crippen molar-refractivity contribution in [1.82, 2.24) is 20.0 Å². The number of allylic oxidation sites excluding steroid dienone is 3. The number of nitrogens with one attached hydrogen (secondary N) is 3. The maximum atomic E-state index is 13.4. The van der Waals surface area contributed by atoms with Crippen molar-refractivity contribution < 1.29 is 14.8 Å². The van der Waals surface area contributed by atoms with Crippen molar-refractivity contribution in [1.29, 1.82) is 5.41 Å². The fourth-order valence-corrected chi connectivity index (χ4v) is 4.84. The fourth-order valence-electron chi connectivity index (χ4n) is 4.84. The van der Waals surface area contributed by atoms with Gasteiger partial charge in [0, 0.05) is 37.4 Å². The highest BCUT2D eigenvalue weighted by molar-refractivity contribution is 6.10. The second kappa shape index (κ2) is 9.67. The number of carbonyl (C=O) groups is 1. The molecule has 2 aromatic rings. The number of anilines is 1. The highest BCUT2D eigenvalue weighted by Gasteiger charge is 2.28. The smallest absolute Gasteiger partial charge is 0.259 e. The number of nitrogens with zero attached hydrogens (tertiary/aromatic N) is 3. The van der Waals surface area contributed by atoms with Gasteiger partial charge in [0.2, 0.25) is 0 Å². The van der Waals surface area contributed by atoms with Crippen LogP contribution in [-0.4, -0.2) is 60.3 Å². The van der Waals surface area contributed by atoms with E-state index in [0.717, 1.165) is 43.5 Å². The number of pyridine rings is 1. The predicted octanol–water partition coefficient (Wildman–Crippen LogP) is 1.62. The van der Waals surface area contributed by atoms with E-state index in [1.54, 1.807) is 12.2 Å². The average Bonchev–Trinajstić information content (AvgIpc) is 3.58. The van der Waals surface area contributed by atoms with Crippen molar-refractivity contribution in [3.8, 4) is 0 Å². The molecule has 1 aliphatic heterocycles. The quantitative estimate of drug-likeness (QED) is 0.485. The Morgan fingerprint density at radius 1 is 1.20 bits per heavy atom. The molecule has 0 unspecified atom stereocenters. The first-order valence-electron chi connectivity index (χ1n) is 12.3. The molecular formula is C26H34N7O2+. The number of piperidine rings is 1. The molecule has 2 fully saturated rings. The molecule has 3 heterocycles. The summed E-state index contributed by atoms with van der Waals surface area (Å²) in [6.45, 7) is 3.91. The molecule has 0 spiro atoms. The van der Waals surface area contributed by atoms with Gasteiger partial charge in [0.15, 0.2) is 5.65 Å². The third-order valence-corrected chi connectivity index (χ3v) is 6.79. The Balaban J connectivity index is 1.39. The number of nitrogens with two attached hydrogens (primary N) is 1. The highest BCUT2D eigenvalue weighted by atomic mass is 16.5. The van der Waals surface area contributed by atoms with Crippen molar-refractivity contribution >= 4 is 23.1 Å². The van der Waals surface area contributed by atoms with E-state index in [1.165, 1.54) is 20.0 Å². The minimum Gasteiger partial charge on any atom is -0.494 e. The zero-order valence-corrected chi connectivity index (χ0v) is 20.6. The van der Waals surface area contributed by atoms with Crippen molar-refractivity contribution in [2.75, 3.05) is 32.1 Å². The Hall–Kier alpha value is -3.43. The van der Waals surface area contributed by atoms with Crippen LogP contribution in [0.15, 0.2) is 53.7 Å². The lowest BCUT2D eigenvalue weighted by Gasteiger charge is -2.34. The first-order chi connectivity index (χ1) is 17.0. The van der Waals surface area contributed by atoms with Crippen LogP contribution in [0.25, 0.3) is 5.65 Å². The van der Waals surface area contributed by atoms with Crippen LogP contribution in [0.4, 0.5) is 5.82 Å². The standard InChI is InChI=1S/C26H33N7O2/c1-16-15-33-24(32-10-8-19(9-11-32)30-18-4-5-18)7-6-20(25(33)29-16)26(34)31-22-12-17(14-28-2)21(27)13-23(22)35-3/h6-7,12-15,18-19,27-28,30H,4-5,8-11H2,1-3H3,(H,31,34)/p+1/b17-14-,27-21?. The highest BCUT2D eigenvalue weighted by Crippen LogP contribution is 2.27. The van der Waals surface area contributed by atoms with Crippen LogP contribution in [0.3, 0.4) is 0 Å². The molecule has 9 nitrogen and oxygen atoms in total. The van der Waals surface area contributed by atoms with Crippen molar-refractivity contribution in [2.45, 2.75) is 44.7 Å². The van der Waals surface area contributed by atoms with Crippen LogP contribution < -0.4 is 20.9 Å². The van der Waals surface area contributed by atoms with E-state index in [0.29, 0.717) is 40.0 Å². The number of rotatable bonds is 7. The Kier molecular flexibility index (Phi) is 6.44. The van der Waals surface area contributed by atoms with Gasteiger partial charge in [-0.3, -0.25) is 14.6 Å². The molecule has 0 bridgehead atoms. The topological polar surface area (TPSA) is 111 Å². The molecule has 1 saturated heterocycles. The van der Waals surface area contributed by atoms with E-state index in [-0.39, 0.29) is 5.91 Å². The monoisotopic (exact) mass is 476 g/mol. The summed E-state index contributed by atoms with van der Waals surface area (Å²) < 4.78 is 7.47. The molecule has 2 aliphatic carbocycles. The normalized spacial score (nSPS) is 20.3. The van der Waals surface area contributed by atoms with Crippen LogP contribution in [0.2, 0.25) is 0 Å². The summed E-state index contributed by atoms with van der Waals surface area (Å²) in [5.74, 6) is 1.25. The Morgan fingerprint density at radius 3 is 2.63 bits per heavy atom. The molecule has 0 aromatic carbocycles. The number of imidazole rings is 1. The SMILES string of the molecule is C[NH2+]/C=C1/C=C(NC(=O)c2ccc(N3CCC(NC4CC4)CC3)n3cc(C)nc23)C(OC)=CC1=N. The van der Waals surface area contributed by atoms with Gasteiger partial charge in [0.25, 0.3) is 5.91 Å². The van der Waals surface area contributed by atoms with E-state index in [2.05, 4.69) is 20.5 Å². The molecule has 5 N–H and O–H groups in total. The second-order valence-corrected chi connectivity index (χ2v) is 9.48. The first-order valence-corrected chi connectivity index (χ1v) is 12.3. The number of hydrogen-bond donors (Lipinski definition) is 4. The van der Waals surface area contributed by atoms with Gasteiger partial charge in [-0.25, -0.2) is 4.98 Å². The summed E-state index contributed by atoms with van der Waals surface area (Å²) in [6, 6.07) is 5.21. The van der Waals surface area contributed by atoms with Gasteiger partial charge in [0.1, 0.15) is 17.8 Å². The van der Waals surface area contributed by atoms with Gasteiger partial charge >= 0.3 is 0 Å². The molecule has 35 heavy (non-hydrogen) atoms. The van der Waals surface area contributed by atoms with Gasteiger partial charge in [-0.2, -0.15) is 0 Å². The summed E-state index contributed by atoms with van der Waals surface area (Å²) in [5.41, 5.74) is 3.57. The minimum atomic E-state index is -0.262. The second-order valence-electron chi connectivity index (χ2n) is 9.48. The van der Waals surface area contributed by atoms with Crippen molar-refractivity contribution in [2.24, 2.45) is 0 Å². The van der Waals surface area contributed by atoms with Gasteiger partial charge in [-0.15, -0.1) is 0 Å². The summed E-state index contributed by atoms with van der Waals surface area (Å²) in [4.78, 5) is 20.5. The predicted molar refractivity (Wildman–Crippen MR) is 136 cm³/mol. The number of ether oxygens (including phenoxy) is 1. The number of carbonyl (C=O) groups excluding carboxylic acids is 1. The number of fused-ring (bicyclic) bond motifs is 1. The van der Waals surface area contributed by atoms with Crippen LogP contribution in [-0.2, 0) is 4.74 Å². The lowest BCUT2D eigenvalue weighted by Crippen LogP contribution is -2.73. The Bertz CT molecular complexity index is 1240. The van der Waals surface area contributed by atoms with E-state index >= 15 is 0 Å². The number of quaternary nitrogens is 1. The molecule has 5 rings (SSSR count). The minimum absolute atomic E-state index is 0.262. The molecular weight excluding hydrogens is 442 g/mol. The van der Waals surface area contributed by atoms with Gasteiger partial charge in [-0.1, -0.05) is 0 Å². The number of methoxy groups -OCH3 is 1. The van der Waals surface area contributed by atoms with E-state index in [4.69, 9.17) is 10.1 Å². The fraction of sp³-hybridized carbons (Fsp3) is 0.423. The molecule has 0 atom stereocenters. The van der Waals surface area contributed by atoms with E-state index in [1.807, 2.05) is 48.2 Å². The number of aromatic nitrogens is 2. The number of aryl methyl sites for hydroxylation is 1. The molecule has 9 heteroatoms. The van der Waals surface area contributed by atoms with E-state index < -0.39 is 0 Å². The summed E-state index contributed by atoms with van der Waals surface area (Å²) in [6.07, 6.45) is 12.1. The molecule has 1 saturated carbocycles. The van der Waals surface area contributed by atoms with Crippen LogP contribution in [0, 0.1) is 12.3 Å². The van der Waals surface area contributed by atoms with Gasteiger partial charge in [0.05, 0.1) is 42.4 Å². The van der Waals surface area contributed by atoms with Crippen molar-refractivity contribution in [3.63, 3.8) is 0 Å². The van der Waals surface area contributed by atoms with Gasteiger partial charge < -0.3 is 25.6 Å². The van der Waals surface area contributed by atoms with Crippen molar-refractivity contribution in [3.05, 3.63) is 65.0 Å². The summed E-state index contributed by atoms with van der Waals surface area (Å²) >= 11 is 0. The Labute approximate surface area is 205 Å². The zero-order valence-electron chi connectivity index (χ0n) is 20.6. The van der Waals surface area contributed by atoms with E-state index in [9.17, 15) is 4.79 Å². The lowest BCUT2D eigenvalue weighted by molar-refractivity contribution is -0.556. The Morgan fingerprint density at radius 2 is 1.94 bits per heavy atom. The lowest BCUT2D eigenvalue weighted by atomic mass is 10.0. The van der Waals surface area contributed by atoms with Crippen LogP contribution in [0.1, 0.15) is 41.7 Å². The summed E-state index contributed by atoms with van der Waals surface area (Å²) in [7, 11) is 3.43. The third-order valence-electron chi connectivity index (χ3n) is 6.79. The maximum Gasteiger partial charge on any atom is 0.259 e. The molecule has 3 aliphatic rings. The molecule has 1 amide bonds. The first kappa shape index (κ1) is 23.3. The number of amides is 1. The van der Waals surface area contributed by atoms with Crippen LogP contribution in [0.5, 0.6) is 0 Å². The average molecular weight is 477 g/mol. The molecule has 184 valence electrons. The number of hydrogen-bond acceptors (Lipinski definition) is 6. The molecule has 0 radical (unpaired) electrons. The van der Waals surface area contributed by atoms with Crippen LogP contribution >= 0.6 is 0 Å². The third kappa shape index (κ3) is 4.87. The maximum absolute atomic E-state index is 13.4. The zero-order chi connectivity index (χ0) is 24.5. The van der Waals surface area contributed by atoms with Gasteiger partial charge in [-0.05, 0) is 50.8 Å². The summed E-state index contributed by atoms with van der Waals surface area (Å²) in [5, 5.41) is 16.8. The molecule has 2 aromatic heterocycles. The largest absolute Gasteiger partial charge is 0.494 e.